The molecule has 7 nitrogen and oxygen atoms in total. The van der Waals surface area contributed by atoms with Gasteiger partial charge in [-0.1, -0.05) is 0 Å². The van der Waals surface area contributed by atoms with E-state index in [4.69, 9.17) is 0 Å². The molecule has 0 saturated carbocycles. The molecular weight excluding hydrogens is 440 g/mol. The summed E-state index contributed by atoms with van der Waals surface area (Å²) in [7, 11) is 0. The van der Waals surface area contributed by atoms with E-state index in [0.717, 1.165) is 16.3 Å². The Labute approximate surface area is 175 Å². The fourth-order valence-electron chi connectivity index (χ4n) is 3.82. The Kier molecular flexibility index (Phi) is 4.39. The number of nitrogens with zero attached hydrogens (tertiary/aromatic N) is 6. The van der Waals surface area contributed by atoms with Crippen LogP contribution in [0.2, 0.25) is 0 Å². The van der Waals surface area contributed by atoms with Crippen LogP contribution in [-0.4, -0.2) is 36.1 Å². The van der Waals surface area contributed by atoms with Gasteiger partial charge in [-0.05, 0) is 18.2 Å². The normalized spacial score (nSPS) is 17.1. The summed E-state index contributed by atoms with van der Waals surface area (Å²) >= 11 is 0. The molecule has 4 aromatic heterocycles. The Balaban J connectivity index is 1.63. The summed E-state index contributed by atoms with van der Waals surface area (Å²) in [5, 5.41) is 4.31. The molecule has 1 aliphatic heterocycles. The Morgan fingerprint density at radius 2 is 1.75 bits per heavy atom. The largest absolute Gasteiger partial charge is 0.419 e. The Bertz CT molecular complexity index is 1270. The fourth-order valence-corrected chi connectivity index (χ4v) is 3.82. The van der Waals surface area contributed by atoms with E-state index in [1.807, 2.05) is 0 Å². The highest BCUT2D eigenvalue weighted by Gasteiger charge is 2.38. The molecule has 0 spiro atoms. The minimum absolute atomic E-state index is 0.00949. The highest BCUT2D eigenvalue weighted by molar-refractivity contribution is 5.58. The number of anilines is 1. The molecule has 0 aromatic carbocycles. The molecule has 0 unspecified atom stereocenters. The predicted molar refractivity (Wildman–Crippen MR) is 98.7 cm³/mol. The molecule has 13 heteroatoms. The van der Waals surface area contributed by atoms with Crippen LogP contribution in [-0.2, 0) is 18.8 Å². The third-order valence-electron chi connectivity index (χ3n) is 5.25. The number of nitrogens with one attached hydrogen (secondary N) is 1. The minimum atomic E-state index is -4.59. The molecule has 0 saturated heterocycles. The standard InChI is InChI=1S/C19H13F6N7/c20-18(21,22)10-7-26-17(27-8-10)31-5-3-12-15(29-9-28-12)16(31)13-6-14-11(19(23,24)25)2-1-4-32(14)30-13/h1-2,4,6-9,16H,3,5H2,(H,28,29)/t16-/m1/s1. The van der Waals surface area contributed by atoms with E-state index in [1.165, 1.54) is 24.7 Å². The molecule has 0 fully saturated rings. The second-order valence-electron chi connectivity index (χ2n) is 7.20. The lowest BCUT2D eigenvalue weighted by molar-refractivity contribution is -0.138. The summed E-state index contributed by atoms with van der Waals surface area (Å²) in [5.74, 6) is -0.00949. The number of hydrogen-bond donors (Lipinski definition) is 1. The molecule has 1 aliphatic rings. The quantitative estimate of drug-likeness (QED) is 0.464. The fraction of sp³-hybridized carbons (Fsp3) is 0.263. The number of aromatic amines is 1. The van der Waals surface area contributed by atoms with Crippen LogP contribution in [0, 0.1) is 0 Å². The van der Waals surface area contributed by atoms with Gasteiger partial charge in [0.05, 0.1) is 34.4 Å². The van der Waals surface area contributed by atoms with Crippen molar-refractivity contribution in [2.24, 2.45) is 0 Å². The number of H-pyrrole nitrogens is 1. The van der Waals surface area contributed by atoms with Gasteiger partial charge in [-0.3, -0.25) is 0 Å². The zero-order valence-corrected chi connectivity index (χ0v) is 16.0. The number of alkyl halides is 6. The van der Waals surface area contributed by atoms with Crippen molar-refractivity contribution in [3.8, 4) is 0 Å². The van der Waals surface area contributed by atoms with E-state index in [1.54, 1.807) is 4.90 Å². The van der Waals surface area contributed by atoms with Crippen molar-refractivity contribution >= 4 is 11.5 Å². The average Bonchev–Trinajstić information content (AvgIpc) is 3.38. The van der Waals surface area contributed by atoms with Gasteiger partial charge in [0.1, 0.15) is 6.04 Å². The van der Waals surface area contributed by atoms with Crippen molar-refractivity contribution in [2.45, 2.75) is 24.8 Å². The lowest BCUT2D eigenvalue weighted by Crippen LogP contribution is -2.37. The second-order valence-corrected chi connectivity index (χ2v) is 7.20. The van der Waals surface area contributed by atoms with Gasteiger partial charge in [0.2, 0.25) is 5.95 Å². The van der Waals surface area contributed by atoms with E-state index < -0.39 is 29.5 Å². The van der Waals surface area contributed by atoms with Crippen LogP contribution in [0.15, 0.2) is 43.1 Å². The number of imidazole rings is 1. The molecule has 32 heavy (non-hydrogen) atoms. The number of rotatable bonds is 2. The summed E-state index contributed by atoms with van der Waals surface area (Å²) in [4.78, 5) is 16.6. The predicted octanol–water partition coefficient (Wildman–Crippen LogP) is 4.04. The van der Waals surface area contributed by atoms with E-state index in [9.17, 15) is 26.3 Å². The minimum Gasteiger partial charge on any atom is -0.348 e. The maximum Gasteiger partial charge on any atom is 0.419 e. The number of fused-ring (bicyclic) bond motifs is 2. The molecule has 0 bridgehead atoms. The van der Waals surface area contributed by atoms with Crippen LogP contribution >= 0.6 is 0 Å². The first-order valence-corrected chi connectivity index (χ1v) is 9.36. The Morgan fingerprint density at radius 1 is 1.00 bits per heavy atom. The molecule has 0 aliphatic carbocycles. The van der Waals surface area contributed by atoms with Crippen molar-refractivity contribution in [3.05, 3.63) is 71.3 Å². The number of hydrogen-bond acceptors (Lipinski definition) is 5. The van der Waals surface area contributed by atoms with Gasteiger partial charge < -0.3 is 9.88 Å². The topological polar surface area (TPSA) is 75.0 Å². The molecule has 1 atom stereocenters. The number of aromatic nitrogens is 6. The SMILES string of the molecule is FC(F)(F)c1cnc(N2CCc3[nH]cnc3[C@H]2c2cc3c(C(F)(F)F)cccn3n2)nc1. The molecule has 5 rings (SSSR count). The molecule has 1 N–H and O–H groups in total. The third-order valence-corrected chi connectivity index (χ3v) is 5.25. The van der Waals surface area contributed by atoms with Crippen molar-refractivity contribution in [3.63, 3.8) is 0 Å². The van der Waals surface area contributed by atoms with Gasteiger partial charge in [-0.15, -0.1) is 0 Å². The molecule has 0 amide bonds. The van der Waals surface area contributed by atoms with E-state index in [-0.39, 0.29) is 17.2 Å². The number of halogens is 6. The van der Waals surface area contributed by atoms with Crippen molar-refractivity contribution < 1.29 is 26.3 Å². The van der Waals surface area contributed by atoms with Crippen molar-refractivity contribution in [1.29, 1.82) is 0 Å². The smallest absolute Gasteiger partial charge is 0.348 e. The van der Waals surface area contributed by atoms with Gasteiger partial charge in [0.25, 0.3) is 0 Å². The van der Waals surface area contributed by atoms with Crippen LogP contribution in [0.5, 0.6) is 0 Å². The first-order valence-electron chi connectivity index (χ1n) is 9.36. The van der Waals surface area contributed by atoms with Gasteiger partial charge >= 0.3 is 12.4 Å². The summed E-state index contributed by atoms with van der Waals surface area (Å²) < 4.78 is 80.2. The van der Waals surface area contributed by atoms with Gasteiger partial charge in [0.15, 0.2) is 0 Å². The molecule has 0 radical (unpaired) electrons. The monoisotopic (exact) mass is 453 g/mol. The summed E-state index contributed by atoms with van der Waals surface area (Å²) in [6, 6.07) is 2.71. The highest BCUT2D eigenvalue weighted by Crippen LogP contribution is 2.38. The Hall–Kier alpha value is -3.64. The molecule has 5 heterocycles. The third kappa shape index (κ3) is 3.33. The summed E-state index contributed by atoms with van der Waals surface area (Å²) in [5.41, 5.74) is -0.515. The second kappa shape index (κ2) is 6.93. The Morgan fingerprint density at radius 3 is 2.44 bits per heavy atom. The number of pyridine rings is 1. The van der Waals surface area contributed by atoms with Gasteiger partial charge in [-0.25, -0.2) is 19.5 Å². The van der Waals surface area contributed by atoms with Gasteiger partial charge in [-0.2, -0.15) is 31.4 Å². The molecule has 166 valence electrons. The van der Waals surface area contributed by atoms with Crippen molar-refractivity contribution in [1.82, 2.24) is 29.5 Å². The average molecular weight is 453 g/mol. The summed E-state index contributed by atoms with van der Waals surface area (Å²) in [6.45, 7) is 0.297. The van der Waals surface area contributed by atoms with Crippen LogP contribution in [0.3, 0.4) is 0 Å². The first-order chi connectivity index (χ1) is 15.1. The van der Waals surface area contributed by atoms with Crippen LogP contribution in [0.4, 0.5) is 32.3 Å². The summed E-state index contributed by atoms with van der Waals surface area (Å²) in [6.07, 6.45) is -4.52. The van der Waals surface area contributed by atoms with Crippen LogP contribution in [0.1, 0.15) is 34.3 Å². The molecule has 4 aromatic rings. The van der Waals surface area contributed by atoms with E-state index in [0.29, 0.717) is 31.1 Å². The highest BCUT2D eigenvalue weighted by atomic mass is 19.4. The zero-order valence-electron chi connectivity index (χ0n) is 16.0. The first kappa shape index (κ1) is 20.3. The van der Waals surface area contributed by atoms with Gasteiger partial charge in [0, 0.05) is 37.3 Å². The lowest BCUT2D eigenvalue weighted by atomic mass is 10.00. The maximum atomic E-state index is 13.5. The zero-order chi connectivity index (χ0) is 22.7. The maximum absolute atomic E-state index is 13.5. The van der Waals surface area contributed by atoms with Crippen LogP contribution in [0.25, 0.3) is 5.52 Å². The van der Waals surface area contributed by atoms with Crippen LogP contribution < -0.4 is 4.90 Å². The van der Waals surface area contributed by atoms with E-state index in [2.05, 4.69) is 25.0 Å². The van der Waals surface area contributed by atoms with E-state index >= 15 is 0 Å². The lowest BCUT2D eigenvalue weighted by Gasteiger charge is -2.33. The van der Waals surface area contributed by atoms with Crippen molar-refractivity contribution in [2.75, 3.05) is 11.4 Å². The molecular formula is C19H13F6N7.